The Bertz CT molecular complexity index is 1290. The monoisotopic (exact) mass is 447 g/mol. The predicted octanol–water partition coefficient (Wildman–Crippen LogP) is 4.68. The third-order valence-electron chi connectivity index (χ3n) is 6.62. The van der Waals surface area contributed by atoms with Crippen LogP contribution in [0.5, 0.6) is 0 Å². The van der Waals surface area contributed by atoms with Crippen molar-refractivity contribution in [2.45, 2.75) is 19.4 Å². The van der Waals surface area contributed by atoms with E-state index < -0.39 is 0 Å². The first-order valence-electron chi connectivity index (χ1n) is 11.2. The van der Waals surface area contributed by atoms with Gasteiger partial charge in [0.05, 0.1) is 17.6 Å². The largest absolute Gasteiger partial charge is 0.371 e. The summed E-state index contributed by atoms with van der Waals surface area (Å²) in [5.41, 5.74) is 4.83. The summed E-state index contributed by atoms with van der Waals surface area (Å²) in [6, 6.07) is 16.7. The van der Waals surface area contributed by atoms with Gasteiger partial charge in [-0.25, -0.2) is 0 Å². The summed E-state index contributed by atoms with van der Waals surface area (Å²) in [6.45, 7) is 5.17. The number of rotatable bonds is 5. The van der Waals surface area contributed by atoms with Gasteiger partial charge in [-0.15, -0.1) is 11.3 Å². The first-order chi connectivity index (χ1) is 15.5. The molecule has 166 valence electrons. The van der Waals surface area contributed by atoms with Gasteiger partial charge in [-0.3, -0.25) is 4.79 Å². The zero-order valence-electron chi connectivity index (χ0n) is 18.9. The van der Waals surface area contributed by atoms with Crippen LogP contribution in [0.1, 0.15) is 32.6 Å². The van der Waals surface area contributed by atoms with Crippen LogP contribution in [0.25, 0.3) is 21.0 Å². The molecule has 1 amide bonds. The molecule has 1 saturated heterocycles. The zero-order valence-corrected chi connectivity index (χ0v) is 19.7. The number of nitrogens with zero attached hydrogens (tertiary/aromatic N) is 2. The summed E-state index contributed by atoms with van der Waals surface area (Å²) in [5.74, 6) is -0.00378. The van der Waals surface area contributed by atoms with Crippen molar-refractivity contribution in [3.8, 4) is 0 Å². The van der Waals surface area contributed by atoms with Crippen LogP contribution in [-0.2, 0) is 18.2 Å². The van der Waals surface area contributed by atoms with Crippen LogP contribution >= 0.6 is 11.3 Å². The van der Waals surface area contributed by atoms with Gasteiger partial charge in [-0.05, 0) is 43.5 Å². The lowest BCUT2D eigenvalue weighted by Crippen LogP contribution is -2.36. The lowest BCUT2D eigenvalue weighted by atomic mass is 10.0. The van der Waals surface area contributed by atoms with Gasteiger partial charge in [-0.2, -0.15) is 0 Å². The van der Waals surface area contributed by atoms with Gasteiger partial charge in [0.2, 0.25) is 0 Å². The van der Waals surface area contributed by atoms with Gasteiger partial charge in [0, 0.05) is 53.5 Å². The summed E-state index contributed by atoms with van der Waals surface area (Å²) >= 11 is 1.57. The van der Waals surface area contributed by atoms with E-state index in [1.807, 2.05) is 12.1 Å². The number of aromatic nitrogens is 1. The van der Waals surface area contributed by atoms with Gasteiger partial charge in [0.25, 0.3) is 5.91 Å². The van der Waals surface area contributed by atoms with Crippen LogP contribution in [-0.4, -0.2) is 48.7 Å². The average molecular weight is 448 g/mol. The molecule has 0 saturated carbocycles. The van der Waals surface area contributed by atoms with Crippen LogP contribution < -0.4 is 5.32 Å². The summed E-state index contributed by atoms with van der Waals surface area (Å²) in [5, 5.41) is 5.59. The van der Waals surface area contributed by atoms with Crippen molar-refractivity contribution in [2.24, 2.45) is 7.05 Å². The molecule has 1 unspecified atom stereocenters. The fourth-order valence-electron chi connectivity index (χ4n) is 4.80. The molecule has 0 radical (unpaired) electrons. The van der Waals surface area contributed by atoms with Crippen molar-refractivity contribution >= 4 is 38.2 Å². The summed E-state index contributed by atoms with van der Waals surface area (Å²) < 4.78 is 9.48. The van der Waals surface area contributed by atoms with Crippen molar-refractivity contribution in [1.82, 2.24) is 14.8 Å². The molecule has 1 atom stereocenters. The summed E-state index contributed by atoms with van der Waals surface area (Å²) in [7, 11) is 4.21. The Labute approximate surface area is 192 Å². The van der Waals surface area contributed by atoms with Crippen molar-refractivity contribution in [1.29, 1.82) is 0 Å². The highest BCUT2D eigenvalue weighted by atomic mass is 32.1. The van der Waals surface area contributed by atoms with E-state index in [1.54, 1.807) is 11.3 Å². The zero-order chi connectivity index (χ0) is 22.2. The lowest BCUT2D eigenvalue weighted by molar-refractivity contribution is -0.0202. The number of ether oxygens (including phenoxy) is 1. The van der Waals surface area contributed by atoms with Crippen LogP contribution in [0.2, 0.25) is 0 Å². The quantitative estimate of drug-likeness (QED) is 0.483. The number of likely N-dealkylation sites (N-methyl/N-ethyl adjacent to an activating group) is 1. The van der Waals surface area contributed by atoms with E-state index in [2.05, 4.69) is 72.2 Å². The molecule has 0 spiro atoms. The van der Waals surface area contributed by atoms with Gasteiger partial charge in [0.15, 0.2) is 0 Å². The molecule has 5 nitrogen and oxygen atoms in total. The summed E-state index contributed by atoms with van der Waals surface area (Å²) in [6.07, 6.45) is 0.730. The molecule has 1 aliphatic rings. The molecule has 3 heterocycles. The van der Waals surface area contributed by atoms with Crippen LogP contribution in [0, 0.1) is 6.92 Å². The Morgan fingerprint density at radius 1 is 1.12 bits per heavy atom. The Kier molecular flexibility index (Phi) is 5.76. The number of hydrogen-bond donors (Lipinski definition) is 1. The number of amides is 1. The van der Waals surface area contributed by atoms with Crippen LogP contribution in [0.15, 0.2) is 48.5 Å². The summed E-state index contributed by atoms with van der Waals surface area (Å²) in [4.78, 5) is 16.4. The van der Waals surface area contributed by atoms with Crippen molar-refractivity contribution in [3.05, 3.63) is 70.2 Å². The van der Waals surface area contributed by atoms with E-state index in [-0.39, 0.29) is 12.0 Å². The second-order valence-corrected chi connectivity index (χ2v) is 9.66. The molecule has 0 aliphatic carbocycles. The van der Waals surface area contributed by atoms with E-state index in [1.165, 1.54) is 22.2 Å². The van der Waals surface area contributed by atoms with Gasteiger partial charge in [0.1, 0.15) is 0 Å². The van der Waals surface area contributed by atoms with Crippen molar-refractivity contribution in [2.75, 3.05) is 33.3 Å². The maximum atomic E-state index is 13.3. The second kappa shape index (κ2) is 8.70. The normalized spacial score (nSPS) is 17.3. The smallest absolute Gasteiger partial charge is 0.261 e. The number of thiophene rings is 1. The molecule has 32 heavy (non-hydrogen) atoms. The van der Waals surface area contributed by atoms with Gasteiger partial charge in [-0.1, -0.05) is 36.4 Å². The number of hydrogen-bond acceptors (Lipinski definition) is 4. The third kappa shape index (κ3) is 3.72. The molecule has 1 aliphatic heterocycles. The van der Waals surface area contributed by atoms with E-state index in [0.717, 1.165) is 40.0 Å². The lowest BCUT2D eigenvalue weighted by Gasteiger charge is -2.30. The molecule has 6 heteroatoms. The standard InChI is InChI=1S/C26H29N3O2S/c1-17-18(19-8-4-6-10-21(19)29(17)3)12-13-27-26(30)25-24(22-16-28(2)14-15-31-22)20-9-5-7-11-23(20)32-25/h4-11,22H,12-16H2,1-3H3,(H,27,30). The van der Waals surface area contributed by atoms with Gasteiger partial charge >= 0.3 is 0 Å². The highest BCUT2D eigenvalue weighted by Gasteiger charge is 2.28. The SMILES string of the molecule is Cc1c(CCNC(=O)c2sc3ccccc3c2C2CN(C)CCO2)c2ccccc2n1C. The minimum absolute atomic E-state index is 0.00378. The first-order valence-corrected chi connectivity index (χ1v) is 12.0. The maximum Gasteiger partial charge on any atom is 0.261 e. The first kappa shape index (κ1) is 21.2. The molecule has 4 aromatic rings. The number of benzene rings is 2. The molecule has 5 rings (SSSR count). The van der Waals surface area contributed by atoms with E-state index in [4.69, 9.17) is 4.74 Å². The van der Waals surface area contributed by atoms with Crippen LogP contribution in [0.4, 0.5) is 0 Å². The minimum Gasteiger partial charge on any atom is -0.371 e. The number of morpholine rings is 1. The molecule has 2 aromatic heterocycles. The Hall–Kier alpha value is -2.67. The molecule has 2 aromatic carbocycles. The van der Waals surface area contributed by atoms with E-state index in [9.17, 15) is 4.79 Å². The fourth-order valence-corrected chi connectivity index (χ4v) is 5.97. The third-order valence-corrected chi connectivity index (χ3v) is 7.81. The van der Waals surface area contributed by atoms with Crippen molar-refractivity contribution in [3.63, 3.8) is 0 Å². The van der Waals surface area contributed by atoms with Gasteiger partial charge < -0.3 is 19.5 Å². The molecule has 0 bridgehead atoms. The number of carbonyl (C=O) groups excluding carboxylic acids is 1. The number of aryl methyl sites for hydroxylation is 1. The number of carbonyl (C=O) groups is 1. The number of para-hydroxylation sites is 1. The Morgan fingerprint density at radius 2 is 1.88 bits per heavy atom. The maximum absolute atomic E-state index is 13.3. The highest BCUT2D eigenvalue weighted by molar-refractivity contribution is 7.21. The molecule has 1 fully saturated rings. The highest BCUT2D eigenvalue weighted by Crippen LogP contribution is 2.38. The second-order valence-electron chi connectivity index (χ2n) is 8.61. The average Bonchev–Trinajstić information content (AvgIpc) is 3.31. The molecular weight excluding hydrogens is 418 g/mol. The van der Waals surface area contributed by atoms with Crippen molar-refractivity contribution < 1.29 is 9.53 Å². The number of fused-ring (bicyclic) bond motifs is 2. The van der Waals surface area contributed by atoms with E-state index in [0.29, 0.717) is 13.2 Å². The fraction of sp³-hybridized carbons (Fsp3) is 0.346. The van der Waals surface area contributed by atoms with Crippen LogP contribution in [0.3, 0.4) is 0 Å². The topological polar surface area (TPSA) is 46.5 Å². The molecule has 1 N–H and O–H groups in total. The predicted molar refractivity (Wildman–Crippen MR) is 132 cm³/mol. The minimum atomic E-state index is -0.0778. The van der Waals surface area contributed by atoms with E-state index >= 15 is 0 Å². The number of nitrogens with one attached hydrogen (secondary N) is 1. The Morgan fingerprint density at radius 3 is 2.69 bits per heavy atom. The Balaban J connectivity index is 1.39. The molecular formula is C26H29N3O2S.